The molecule has 0 aromatic heterocycles. The number of nitrogens with zero attached hydrogens (tertiary/aromatic N) is 1. The molecule has 1 aliphatic rings. The van der Waals surface area contributed by atoms with Crippen molar-refractivity contribution in [1.29, 1.82) is 0 Å². The fourth-order valence-corrected chi connectivity index (χ4v) is 11.1. The molecule has 1 rings (SSSR count). The zero-order valence-corrected chi connectivity index (χ0v) is 64.2. The molecule has 0 bridgehead atoms. The third kappa shape index (κ3) is 35.6. The van der Waals surface area contributed by atoms with Crippen molar-refractivity contribution < 1.29 is 121 Å². The number of carbonyl (C=O) groups excluding carboxylic acids is 16. The van der Waals surface area contributed by atoms with Crippen molar-refractivity contribution in [3.05, 3.63) is 0 Å². The van der Waals surface area contributed by atoms with Crippen LogP contribution in [0.2, 0.25) is 0 Å². The van der Waals surface area contributed by atoms with Crippen molar-refractivity contribution in [2.45, 2.75) is 264 Å². The highest BCUT2D eigenvalue weighted by Crippen LogP contribution is 2.22. The zero-order valence-electron chi connectivity index (χ0n) is 64.2. The monoisotopic (exact) mass is 1570 g/mol. The van der Waals surface area contributed by atoms with Gasteiger partial charge in [0.1, 0.15) is 78.5 Å². The molecule has 42 heteroatoms. The summed E-state index contributed by atoms with van der Waals surface area (Å²) < 4.78 is 0. The molecule has 1 aliphatic heterocycles. The van der Waals surface area contributed by atoms with Gasteiger partial charge in [0, 0.05) is 25.8 Å². The highest BCUT2D eigenvalue weighted by atomic mass is 16.4. The smallest absolute Gasteiger partial charge is 0.326 e. The Morgan fingerprint density at radius 1 is 0.391 bits per heavy atom. The molecule has 24 N–H and O–H groups in total. The number of hydrogen-bond acceptors (Lipinski definition) is 22. The summed E-state index contributed by atoms with van der Waals surface area (Å²) in [5.41, 5.74) is 16.4. The molecule has 0 radical (unpaired) electrons. The summed E-state index contributed by atoms with van der Waals surface area (Å²) in [5, 5.41) is 79.6. The van der Waals surface area contributed by atoms with Crippen molar-refractivity contribution in [1.82, 2.24) is 74.0 Å². The third-order valence-corrected chi connectivity index (χ3v) is 16.9. The van der Waals surface area contributed by atoms with Crippen molar-refractivity contribution in [2.75, 3.05) is 13.1 Å². The van der Waals surface area contributed by atoms with Gasteiger partial charge in [0.05, 0.1) is 31.5 Å². The lowest BCUT2D eigenvalue weighted by atomic mass is 9.99. The van der Waals surface area contributed by atoms with Gasteiger partial charge >= 0.3 is 23.9 Å². The largest absolute Gasteiger partial charge is 0.481 e. The van der Waals surface area contributed by atoms with E-state index in [-0.39, 0.29) is 50.5 Å². The van der Waals surface area contributed by atoms with Gasteiger partial charge < -0.3 is 117 Å². The van der Waals surface area contributed by atoms with Gasteiger partial charge in [-0.3, -0.25) is 91.1 Å². The molecule has 42 nitrogen and oxygen atoms in total. The van der Waals surface area contributed by atoms with Crippen LogP contribution in [-0.4, -0.2) is 253 Å². The quantitative estimate of drug-likeness (QED) is 0.0269. The Morgan fingerprint density at radius 2 is 0.764 bits per heavy atom. The second-order valence-corrected chi connectivity index (χ2v) is 29.0. The summed E-state index contributed by atoms with van der Waals surface area (Å²) in [7, 11) is 0. The molecule has 16 amide bonds. The fraction of sp³-hybridized carbons (Fsp3) is 0.706. The van der Waals surface area contributed by atoms with Crippen molar-refractivity contribution in [3.8, 4) is 0 Å². The molecule has 0 aromatic carbocycles. The Bertz CT molecular complexity index is 3310. The third-order valence-electron chi connectivity index (χ3n) is 16.9. The first kappa shape index (κ1) is 97.3. The highest BCUT2D eigenvalue weighted by Gasteiger charge is 2.43. The van der Waals surface area contributed by atoms with Gasteiger partial charge in [-0.25, -0.2) is 4.79 Å². The number of carboxylic acids is 4. The number of aliphatic hydroxyl groups excluding tert-OH is 1. The topological polar surface area (TPSA) is 680 Å². The summed E-state index contributed by atoms with van der Waals surface area (Å²) >= 11 is 0. The minimum atomic E-state index is -1.93. The fourth-order valence-electron chi connectivity index (χ4n) is 11.1. The van der Waals surface area contributed by atoms with Crippen LogP contribution in [0.15, 0.2) is 0 Å². The molecule has 1 heterocycles. The molecule has 1 saturated heterocycles. The Kier molecular flexibility index (Phi) is 41.8. The van der Waals surface area contributed by atoms with Gasteiger partial charge in [0.25, 0.3) is 0 Å². The molecular formula is C68H113N17O25. The van der Waals surface area contributed by atoms with Crippen molar-refractivity contribution in [2.24, 2.45) is 46.8 Å². The van der Waals surface area contributed by atoms with E-state index in [4.69, 9.17) is 22.3 Å². The summed E-state index contributed by atoms with van der Waals surface area (Å²) in [5.74, 6) is -25.1. The molecule has 1 fully saturated rings. The summed E-state index contributed by atoms with van der Waals surface area (Å²) in [6.07, 6.45) is -7.17. The van der Waals surface area contributed by atoms with Gasteiger partial charge in [-0.05, 0) is 102 Å². The Labute approximate surface area is 635 Å². The number of rotatable bonds is 50. The lowest BCUT2D eigenvalue weighted by Crippen LogP contribution is -2.62. The predicted molar refractivity (Wildman–Crippen MR) is 386 cm³/mol. The van der Waals surface area contributed by atoms with Crippen molar-refractivity contribution >= 4 is 118 Å². The number of carbonyl (C=O) groups is 20. The van der Waals surface area contributed by atoms with E-state index in [2.05, 4.69) is 69.1 Å². The van der Waals surface area contributed by atoms with Crippen LogP contribution in [0, 0.1) is 29.6 Å². The first-order valence-corrected chi connectivity index (χ1v) is 36.1. The Morgan fingerprint density at radius 3 is 1.18 bits per heavy atom. The van der Waals surface area contributed by atoms with Crippen LogP contribution < -0.4 is 86.3 Å². The molecule has 0 spiro atoms. The Hall–Kier alpha value is -10.7. The number of aliphatic carboxylic acids is 4. The minimum absolute atomic E-state index is 0.0203. The van der Waals surface area contributed by atoms with Crippen LogP contribution >= 0.6 is 0 Å². The molecule has 0 unspecified atom stereocenters. The van der Waals surface area contributed by atoms with Gasteiger partial charge in [0.15, 0.2) is 0 Å². The number of likely N-dealkylation sites (tertiary alicyclic amines) is 1. The minimum Gasteiger partial charge on any atom is -0.481 e. The SMILES string of the molecule is CC(C)C[C@H](NC(=O)CNC(=O)[C@@H](NC(=O)[C@H](CCC(N)=O)NC(=O)[C@@H](NC(=O)[C@@H]1CCCN1C(=O)[C@H](CCC(N)=O)NC(=O)[C@@H](NC(=O)[C@H](CC(=O)O)NC(=O)[C@H](C)NC(=O)[C@H](C)N)C(C)C)C(C)C)[C@@H](C)O)C(=O)N[C@@H](CC(=O)O)C(=O)N[C@@H](CC(C)C)C(=O)N[C@@H](CC(C)C)C(=O)N[C@@H](CCC(=O)O)C(=O)O. The van der Waals surface area contributed by atoms with E-state index in [1.807, 2.05) is 0 Å². The number of nitrogens with two attached hydrogens (primary N) is 3. The number of nitrogens with one attached hydrogen (secondary N) is 13. The Balaban J connectivity index is 3.44. The second-order valence-electron chi connectivity index (χ2n) is 29.0. The van der Waals surface area contributed by atoms with Crippen LogP contribution in [0.5, 0.6) is 0 Å². The van der Waals surface area contributed by atoms with Gasteiger partial charge in [-0.15, -0.1) is 0 Å². The van der Waals surface area contributed by atoms with Gasteiger partial charge in [0.2, 0.25) is 94.5 Å². The van der Waals surface area contributed by atoms with E-state index in [1.165, 1.54) is 41.5 Å². The average molecular weight is 1570 g/mol. The first-order chi connectivity index (χ1) is 51.0. The number of carboxylic acid groups (broad SMARTS) is 4. The summed E-state index contributed by atoms with van der Waals surface area (Å²) in [4.78, 5) is 265. The van der Waals surface area contributed by atoms with Crippen LogP contribution in [0.1, 0.15) is 173 Å². The van der Waals surface area contributed by atoms with E-state index in [9.17, 15) is 116 Å². The molecule has 620 valence electrons. The van der Waals surface area contributed by atoms with Crippen LogP contribution in [0.25, 0.3) is 0 Å². The molecule has 0 saturated carbocycles. The van der Waals surface area contributed by atoms with Gasteiger partial charge in [-0.2, -0.15) is 0 Å². The van der Waals surface area contributed by atoms with E-state index in [1.54, 1.807) is 41.5 Å². The van der Waals surface area contributed by atoms with Crippen LogP contribution in [-0.2, 0) is 95.9 Å². The second kappa shape index (κ2) is 47.3. The molecule has 110 heavy (non-hydrogen) atoms. The maximum Gasteiger partial charge on any atom is 0.326 e. The number of primary amides is 2. The highest BCUT2D eigenvalue weighted by molar-refractivity contribution is 6.01. The van der Waals surface area contributed by atoms with E-state index in [0.29, 0.717) is 0 Å². The average Bonchev–Trinajstić information content (AvgIpc) is 1.61. The summed E-state index contributed by atoms with van der Waals surface area (Å²) in [6.45, 7) is 18.4. The van der Waals surface area contributed by atoms with E-state index < -0.39 is 285 Å². The normalized spacial score (nSPS) is 16.5. The predicted octanol–water partition coefficient (Wildman–Crippen LogP) is -6.46. The van der Waals surface area contributed by atoms with Gasteiger partial charge in [-0.1, -0.05) is 69.2 Å². The van der Waals surface area contributed by atoms with Crippen molar-refractivity contribution in [3.63, 3.8) is 0 Å². The standard InChI is InChI=1S/C68H113N17O25/c1-29(2)23-40(58(99)81-43(26-50(92)93)61(102)80-42(25-31(5)6)60(101)79-41(24-30(3)4)59(100)77-39(68(109)110)18-21-49(90)91)74-48(89)28-72-64(105)54(36(13)86)84-57(98)37(16-19-46(70)87)75-65(106)53(33(9)10)83-63(104)45-15-14-22-85(45)67(108)38(17-20-47(71)88)76-66(107)52(32(7)8)82-62(103)44(27-51(94)95)78-56(97)35(12)73-55(96)34(11)69/h29-45,52-54,86H,14-28,69H2,1-13H3,(H2,70,87)(H2,71,88)(H,72,105)(H,73,96)(H,74,89)(H,75,106)(H,76,107)(H,77,100)(H,78,97)(H,79,101)(H,80,102)(H,81,99)(H,82,103)(H,83,104)(H,84,98)(H,90,91)(H,92,93)(H,94,95)(H,109,110)/t34-,35-,36+,37-,38-,39-,40-,41-,42-,43-,44-,45-,52-,53-,54-/m0/s1. The molecule has 15 atom stereocenters. The maximum absolute atomic E-state index is 14.5. The number of hydrogen-bond donors (Lipinski definition) is 21. The zero-order chi connectivity index (χ0) is 84.5. The lowest BCUT2D eigenvalue weighted by Gasteiger charge is -2.32. The summed E-state index contributed by atoms with van der Waals surface area (Å²) in [6, 6.07) is -21.9. The number of amides is 16. The lowest BCUT2D eigenvalue weighted by molar-refractivity contribution is -0.144. The van der Waals surface area contributed by atoms with E-state index >= 15 is 0 Å². The van der Waals surface area contributed by atoms with Crippen LogP contribution in [0.3, 0.4) is 0 Å². The number of aliphatic hydroxyl groups is 1. The first-order valence-electron chi connectivity index (χ1n) is 36.1. The van der Waals surface area contributed by atoms with E-state index in [0.717, 1.165) is 11.8 Å². The molecule has 0 aliphatic carbocycles. The molecule has 0 aromatic rings. The van der Waals surface area contributed by atoms with Crippen LogP contribution in [0.4, 0.5) is 0 Å². The maximum atomic E-state index is 14.5. The molecular weight excluding hydrogens is 1450 g/mol.